The SMILES string of the molecule is CCCS(=O)(=O)CCSCC(=O)O. The van der Waals surface area contributed by atoms with Crippen molar-refractivity contribution in [1.29, 1.82) is 0 Å². The molecule has 0 saturated carbocycles. The first-order chi connectivity index (χ1) is 5.98. The fraction of sp³-hybridized carbons (Fsp3) is 0.857. The van der Waals surface area contributed by atoms with Gasteiger partial charge >= 0.3 is 5.97 Å². The van der Waals surface area contributed by atoms with E-state index < -0.39 is 15.8 Å². The smallest absolute Gasteiger partial charge is 0.313 e. The first-order valence-electron chi connectivity index (χ1n) is 3.98. The summed E-state index contributed by atoms with van der Waals surface area (Å²) >= 11 is 1.14. The number of hydrogen-bond donors (Lipinski definition) is 1. The second kappa shape index (κ2) is 6.26. The molecule has 0 fully saturated rings. The predicted octanol–water partition coefficient (Wildman–Crippen LogP) is 0.629. The third-order valence-electron chi connectivity index (χ3n) is 1.28. The first kappa shape index (κ1) is 12.8. The zero-order valence-electron chi connectivity index (χ0n) is 7.52. The van der Waals surface area contributed by atoms with Crippen LogP contribution in [0, 0.1) is 0 Å². The van der Waals surface area contributed by atoms with Crippen LogP contribution in [0.3, 0.4) is 0 Å². The van der Waals surface area contributed by atoms with Crippen molar-refractivity contribution in [3.05, 3.63) is 0 Å². The number of carbonyl (C=O) groups is 1. The monoisotopic (exact) mass is 226 g/mol. The van der Waals surface area contributed by atoms with Crippen molar-refractivity contribution in [3.8, 4) is 0 Å². The van der Waals surface area contributed by atoms with E-state index in [1.165, 1.54) is 0 Å². The third-order valence-corrected chi connectivity index (χ3v) is 4.34. The summed E-state index contributed by atoms with van der Waals surface area (Å²) in [5.74, 6) is -0.284. The average Bonchev–Trinajstić information content (AvgIpc) is 1.98. The van der Waals surface area contributed by atoms with Crippen LogP contribution in [0.1, 0.15) is 13.3 Å². The predicted molar refractivity (Wildman–Crippen MR) is 53.9 cm³/mol. The molecular formula is C7H14O4S2. The van der Waals surface area contributed by atoms with Gasteiger partial charge in [-0.25, -0.2) is 8.42 Å². The molecule has 0 amide bonds. The maximum Gasteiger partial charge on any atom is 0.313 e. The van der Waals surface area contributed by atoms with Gasteiger partial charge in [-0.1, -0.05) is 6.92 Å². The van der Waals surface area contributed by atoms with Crippen LogP contribution >= 0.6 is 11.8 Å². The van der Waals surface area contributed by atoms with Crippen LogP contribution in [0.5, 0.6) is 0 Å². The molecular weight excluding hydrogens is 212 g/mol. The Morgan fingerprint density at radius 3 is 2.46 bits per heavy atom. The van der Waals surface area contributed by atoms with Crippen molar-refractivity contribution in [3.63, 3.8) is 0 Å². The Hall–Kier alpha value is -0.230. The van der Waals surface area contributed by atoms with Crippen molar-refractivity contribution >= 4 is 27.6 Å². The number of carboxylic acids is 1. The minimum Gasteiger partial charge on any atom is -0.481 e. The largest absolute Gasteiger partial charge is 0.481 e. The Kier molecular flexibility index (Phi) is 6.15. The molecule has 0 atom stereocenters. The normalized spacial score (nSPS) is 11.5. The van der Waals surface area contributed by atoms with Crippen LogP contribution in [-0.2, 0) is 14.6 Å². The molecule has 4 nitrogen and oxygen atoms in total. The molecule has 0 rings (SSSR count). The van der Waals surface area contributed by atoms with Gasteiger partial charge in [-0.2, -0.15) is 0 Å². The molecule has 1 N–H and O–H groups in total. The lowest BCUT2D eigenvalue weighted by molar-refractivity contribution is -0.133. The summed E-state index contributed by atoms with van der Waals surface area (Å²) in [5.41, 5.74) is 0. The molecule has 78 valence electrons. The van der Waals surface area contributed by atoms with Crippen molar-refractivity contribution < 1.29 is 18.3 Å². The van der Waals surface area contributed by atoms with E-state index in [-0.39, 0.29) is 17.3 Å². The molecule has 0 radical (unpaired) electrons. The van der Waals surface area contributed by atoms with Gasteiger partial charge in [0.25, 0.3) is 0 Å². The van der Waals surface area contributed by atoms with Gasteiger partial charge in [0.15, 0.2) is 9.84 Å². The summed E-state index contributed by atoms with van der Waals surface area (Å²) in [5, 5.41) is 8.28. The summed E-state index contributed by atoms with van der Waals surface area (Å²) in [4.78, 5) is 10.1. The van der Waals surface area contributed by atoms with Gasteiger partial charge in [-0.15, -0.1) is 11.8 Å². The van der Waals surface area contributed by atoms with Gasteiger partial charge in [-0.05, 0) is 6.42 Å². The first-order valence-corrected chi connectivity index (χ1v) is 6.95. The van der Waals surface area contributed by atoms with Gasteiger partial charge in [0.1, 0.15) is 0 Å². The molecule has 0 spiro atoms. The van der Waals surface area contributed by atoms with E-state index in [1.807, 2.05) is 6.92 Å². The van der Waals surface area contributed by atoms with Gasteiger partial charge in [0.2, 0.25) is 0 Å². The van der Waals surface area contributed by atoms with Crippen LogP contribution < -0.4 is 0 Å². The summed E-state index contributed by atoms with van der Waals surface area (Å²) in [6.07, 6.45) is 0.617. The van der Waals surface area contributed by atoms with Gasteiger partial charge in [0, 0.05) is 11.5 Å². The van der Waals surface area contributed by atoms with E-state index in [0.717, 1.165) is 11.8 Å². The second-order valence-electron chi connectivity index (χ2n) is 2.60. The van der Waals surface area contributed by atoms with Crippen molar-refractivity contribution in [2.24, 2.45) is 0 Å². The van der Waals surface area contributed by atoms with E-state index in [9.17, 15) is 13.2 Å². The van der Waals surface area contributed by atoms with Crippen molar-refractivity contribution in [1.82, 2.24) is 0 Å². The van der Waals surface area contributed by atoms with E-state index in [0.29, 0.717) is 12.2 Å². The molecule has 0 bridgehead atoms. The van der Waals surface area contributed by atoms with E-state index in [2.05, 4.69) is 0 Å². The standard InChI is InChI=1S/C7H14O4S2/c1-2-4-13(10,11)5-3-12-6-7(8)9/h2-6H2,1H3,(H,8,9). The molecule has 0 aliphatic rings. The van der Waals surface area contributed by atoms with Gasteiger partial charge < -0.3 is 5.11 Å². The maximum atomic E-state index is 11.1. The highest BCUT2D eigenvalue weighted by Crippen LogP contribution is 2.02. The lowest BCUT2D eigenvalue weighted by atomic mass is 10.6. The minimum atomic E-state index is -2.94. The lowest BCUT2D eigenvalue weighted by Gasteiger charge is -2.00. The fourth-order valence-corrected chi connectivity index (χ4v) is 3.39. The molecule has 0 aromatic rings. The summed E-state index contributed by atoms with van der Waals surface area (Å²) in [7, 11) is -2.94. The summed E-state index contributed by atoms with van der Waals surface area (Å²) < 4.78 is 22.2. The highest BCUT2D eigenvalue weighted by molar-refractivity contribution is 8.01. The molecule has 13 heavy (non-hydrogen) atoms. The quantitative estimate of drug-likeness (QED) is 0.645. The molecule has 0 unspecified atom stereocenters. The highest BCUT2D eigenvalue weighted by atomic mass is 32.2. The summed E-state index contributed by atoms with van der Waals surface area (Å²) in [6.45, 7) is 1.81. The second-order valence-corrected chi connectivity index (χ2v) is 6.01. The number of sulfone groups is 1. The number of thioether (sulfide) groups is 1. The van der Waals surface area contributed by atoms with Crippen molar-refractivity contribution in [2.45, 2.75) is 13.3 Å². The van der Waals surface area contributed by atoms with E-state index >= 15 is 0 Å². The van der Waals surface area contributed by atoms with Crippen LogP contribution in [0.2, 0.25) is 0 Å². The van der Waals surface area contributed by atoms with Gasteiger partial charge in [0.05, 0.1) is 11.5 Å². The maximum absolute atomic E-state index is 11.1. The fourth-order valence-electron chi connectivity index (χ4n) is 0.758. The zero-order valence-corrected chi connectivity index (χ0v) is 9.16. The van der Waals surface area contributed by atoms with E-state index in [1.54, 1.807) is 0 Å². The van der Waals surface area contributed by atoms with E-state index in [4.69, 9.17) is 5.11 Å². The Morgan fingerprint density at radius 2 is 2.00 bits per heavy atom. The molecule has 0 aliphatic heterocycles. The number of rotatable bonds is 7. The zero-order chi connectivity index (χ0) is 10.3. The van der Waals surface area contributed by atoms with Crippen molar-refractivity contribution in [2.75, 3.05) is 23.0 Å². The Bertz CT molecular complexity index is 245. The number of carboxylic acid groups (broad SMARTS) is 1. The molecule has 0 heterocycles. The number of aliphatic carboxylic acids is 1. The Balaban J connectivity index is 3.58. The van der Waals surface area contributed by atoms with Crippen LogP contribution in [0.25, 0.3) is 0 Å². The Labute approximate surface area is 82.6 Å². The minimum absolute atomic E-state index is 0.0261. The molecule has 6 heteroatoms. The lowest BCUT2D eigenvalue weighted by Crippen LogP contribution is -2.13. The average molecular weight is 226 g/mol. The molecule has 0 saturated heterocycles. The molecule has 0 aromatic carbocycles. The van der Waals surface area contributed by atoms with Crippen LogP contribution in [0.15, 0.2) is 0 Å². The molecule has 0 aromatic heterocycles. The highest BCUT2D eigenvalue weighted by Gasteiger charge is 2.08. The Morgan fingerprint density at radius 1 is 1.38 bits per heavy atom. The van der Waals surface area contributed by atoms with Crippen LogP contribution in [-0.4, -0.2) is 42.5 Å². The van der Waals surface area contributed by atoms with Crippen LogP contribution in [0.4, 0.5) is 0 Å². The van der Waals surface area contributed by atoms with Gasteiger partial charge in [-0.3, -0.25) is 4.79 Å². The molecule has 0 aliphatic carbocycles. The summed E-state index contributed by atoms with van der Waals surface area (Å²) in [6, 6.07) is 0. The number of hydrogen-bond acceptors (Lipinski definition) is 4. The third kappa shape index (κ3) is 8.11. The topological polar surface area (TPSA) is 71.4 Å².